The minimum absolute atomic E-state index is 0.156. The minimum Gasteiger partial charge on any atom is -0.496 e. The molecule has 206 valence electrons. The van der Waals surface area contributed by atoms with Crippen LogP contribution in [0.2, 0.25) is 0 Å². The quantitative estimate of drug-likeness (QED) is 0.385. The molecule has 2 saturated heterocycles. The van der Waals surface area contributed by atoms with Crippen molar-refractivity contribution in [1.29, 1.82) is 0 Å². The highest BCUT2D eigenvalue weighted by Crippen LogP contribution is 2.32. The molecule has 0 atom stereocenters. The second kappa shape index (κ2) is 11.2. The largest absolute Gasteiger partial charge is 0.496 e. The predicted molar refractivity (Wildman–Crippen MR) is 147 cm³/mol. The third-order valence-corrected chi connectivity index (χ3v) is 8.09. The van der Waals surface area contributed by atoms with Crippen LogP contribution in [0.1, 0.15) is 44.8 Å². The smallest absolute Gasteiger partial charge is 0.295 e. The second-order valence-corrected chi connectivity index (χ2v) is 10.7. The van der Waals surface area contributed by atoms with Crippen LogP contribution in [-0.2, 0) is 11.2 Å². The molecule has 1 aromatic heterocycles. The van der Waals surface area contributed by atoms with Crippen molar-refractivity contribution in [1.82, 2.24) is 19.7 Å². The lowest BCUT2D eigenvalue weighted by Gasteiger charge is -2.32. The summed E-state index contributed by atoms with van der Waals surface area (Å²) >= 11 is 0. The van der Waals surface area contributed by atoms with Crippen molar-refractivity contribution in [3.8, 4) is 5.75 Å². The molecule has 0 saturated carbocycles. The second-order valence-electron chi connectivity index (χ2n) is 10.7. The Morgan fingerprint density at radius 2 is 1.64 bits per heavy atom. The number of rotatable bonds is 6. The van der Waals surface area contributed by atoms with Gasteiger partial charge in [-0.15, -0.1) is 0 Å². The summed E-state index contributed by atoms with van der Waals surface area (Å²) in [5.41, 5.74) is 3.02. The molecule has 0 spiro atoms. The van der Waals surface area contributed by atoms with E-state index in [1.54, 1.807) is 24.0 Å². The van der Waals surface area contributed by atoms with Crippen LogP contribution in [0.3, 0.4) is 0 Å². The maximum atomic E-state index is 13.7. The number of hydrogen-bond donors (Lipinski definition) is 1. The first kappa shape index (κ1) is 26.9. The highest BCUT2D eigenvalue weighted by molar-refractivity contribution is 6.45. The summed E-state index contributed by atoms with van der Waals surface area (Å²) < 4.78 is 18.8. The number of amides is 2. The normalized spacial score (nSPS) is 17.0. The number of methoxy groups -OCH3 is 1. The molecule has 39 heavy (non-hydrogen) atoms. The average Bonchev–Trinajstić information content (AvgIpc) is 3.27. The molecule has 0 aliphatic carbocycles. The number of aryl methyl sites for hydroxylation is 1. The van der Waals surface area contributed by atoms with Crippen LogP contribution in [0.15, 0.2) is 36.4 Å². The molecule has 2 aliphatic heterocycles. The van der Waals surface area contributed by atoms with Crippen LogP contribution >= 0.6 is 0 Å². The standard InChI is InChI=1S/C30H35FN4O4/c1-19-27(28(36)30(38)35-14-12-33(2)13-15-35)23-17-24(26(39-3)18-25(23)32-19)29(37)34-10-8-21(9-11-34)16-20-4-6-22(31)7-5-20/h4-7,17-18,21,32H,8-16H2,1-3H3. The van der Waals surface area contributed by atoms with Gasteiger partial charge in [-0.3, -0.25) is 14.4 Å². The molecule has 0 bridgehead atoms. The number of nitrogens with zero attached hydrogens (tertiary/aromatic N) is 3. The van der Waals surface area contributed by atoms with Gasteiger partial charge in [0.05, 0.1) is 23.8 Å². The highest BCUT2D eigenvalue weighted by Gasteiger charge is 2.31. The first-order valence-corrected chi connectivity index (χ1v) is 13.5. The maximum absolute atomic E-state index is 13.7. The molecule has 3 heterocycles. The SMILES string of the molecule is COc1cc2[nH]c(C)c(C(=O)C(=O)N3CCN(C)CC3)c2cc1C(=O)N1CCC(Cc2ccc(F)cc2)CC1. The zero-order valence-electron chi connectivity index (χ0n) is 22.8. The van der Waals surface area contributed by atoms with Gasteiger partial charge in [-0.2, -0.15) is 0 Å². The number of aromatic nitrogens is 1. The number of aromatic amines is 1. The fourth-order valence-corrected chi connectivity index (χ4v) is 5.71. The first-order valence-electron chi connectivity index (χ1n) is 13.5. The number of Topliss-reactive ketones (excluding diaryl/α,β-unsaturated/α-hetero) is 1. The first-order chi connectivity index (χ1) is 18.7. The average molecular weight is 535 g/mol. The molecule has 5 rings (SSSR count). The Hall–Kier alpha value is -3.72. The van der Waals surface area contributed by atoms with Gasteiger partial charge in [-0.05, 0) is 62.9 Å². The van der Waals surface area contributed by atoms with Crippen molar-refractivity contribution in [3.63, 3.8) is 0 Å². The number of nitrogens with one attached hydrogen (secondary N) is 1. The Balaban J connectivity index is 1.35. The lowest BCUT2D eigenvalue weighted by molar-refractivity contribution is -0.127. The van der Waals surface area contributed by atoms with E-state index in [0.29, 0.717) is 65.6 Å². The van der Waals surface area contributed by atoms with Crippen molar-refractivity contribution in [2.24, 2.45) is 5.92 Å². The van der Waals surface area contributed by atoms with Crippen molar-refractivity contribution in [2.75, 3.05) is 53.4 Å². The van der Waals surface area contributed by atoms with E-state index in [4.69, 9.17) is 4.74 Å². The van der Waals surface area contributed by atoms with Crippen LogP contribution in [0.5, 0.6) is 5.75 Å². The molecular formula is C30H35FN4O4. The molecule has 8 nitrogen and oxygen atoms in total. The van der Waals surface area contributed by atoms with Gasteiger partial charge in [-0.25, -0.2) is 4.39 Å². The zero-order valence-corrected chi connectivity index (χ0v) is 22.8. The Morgan fingerprint density at radius 3 is 2.28 bits per heavy atom. The van der Waals surface area contributed by atoms with E-state index in [1.807, 2.05) is 24.1 Å². The molecule has 2 aromatic carbocycles. The van der Waals surface area contributed by atoms with Gasteiger partial charge in [0, 0.05) is 56.4 Å². The van der Waals surface area contributed by atoms with Crippen LogP contribution in [0.25, 0.3) is 10.9 Å². The third-order valence-electron chi connectivity index (χ3n) is 8.09. The van der Waals surface area contributed by atoms with Gasteiger partial charge >= 0.3 is 0 Å². The van der Waals surface area contributed by atoms with E-state index in [0.717, 1.165) is 37.9 Å². The number of piperidine rings is 1. The Kier molecular flexibility index (Phi) is 7.70. The summed E-state index contributed by atoms with van der Waals surface area (Å²) in [6.07, 6.45) is 2.55. The summed E-state index contributed by atoms with van der Waals surface area (Å²) in [5.74, 6) is -0.632. The number of ketones is 1. The summed E-state index contributed by atoms with van der Waals surface area (Å²) in [6.45, 7) is 5.45. The van der Waals surface area contributed by atoms with E-state index in [-0.39, 0.29) is 11.7 Å². The molecule has 9 heteroatoms. The maximum Gasteiger partial charge on any atom is 0.295 e. The minimum atomic E-state index is -0.562. The fraction of sp³-hybridized carbons (Fsp3) is 0.433. The topological polar surface area (TPSA) is 86.0 Å². The lowest BCUT2D eigenvalue weighted by Crippen LogP contribution is -2.49. The van der Waals surface area contributed by atoms with Crippen molar-refractivity contribution < 1.29 is 23.5 Å². The van der Waals surface area contributed by atoms with Crippen LogP contribution in [-0.4, -0.2) is 90.7 Å². The lowest BCUT2D eigenvalue weighted by atomic mass is 9.90. The molecule has 0 unspecified atom stereocenters. The number of likely N-dealkylation sites (tertiary alicyclic amines) is 1. The van der Waals surface area contributed by atoms with Gasteiger partial charge < -0.3 is 24.4 Å². The summed E-state index contributed by atoms with van der Waals surface area (Å²) in [6, 6.07) is 10.0. The summed E-state index contributed by atoms with van der Waals surface area (Å²) in [4.78, 5) is 48.9. The number of carbonyl (C=O) groups is 3. The van der Waals surface area contributed by atoms with Crippen LogP contribution in [0.4, 0.5) is 4.39 Å². The molecular weight excluding hydrogens is 499 g/mol. The number of likely N-dealkylation sites (N-methyl/N-ethyl adjacent to an activating group) is 1. The number of halogens is 1. The number of hydrogen-bond acceptors (Lipinski definition) is 5. The number of fused-ring (bicyclic) bond motifs is 1. The molecule has 2 fully saturated rings. The van der Waals surface area contributed by atoms with Gasteiger partial charge in [0.2, 0.25) is 0 Å². The van der Waals surface area contributed by atoms with Gasteiger partial charge in [0.15, 0.2) is 0 Å². The molecule has 3 aromatic rings. The Bertz CT molecular complexity index is 1380. The Morgan fingerprint density at radius 1 is 0.974 bits per heavy atom. The van der Waals surface area contributed by atoms with E-state index in [9.17, 15) is 18.8 Å². The highest BCUT2D eigenvalue weighted by atomic mass is 19.1. The summed E-state index contributed by atoms with van der Waals surface area (Å²) in [5, 5.41) is 0.551. The van der Waals surface area contributed by atoms with E-state index < -0.39 is 11.7 Å². The van der Waals surface area contributed by atoms with E-state index >= 15 is 0 Å². The van der Waals surface area contributed by atoms with E-state index in [1.165, 1.54) is 19.2 Å². The number of ether oxygens (including phenoxy) is 1. The summed E-state index contributed by atoms with van der Waals surface area (Å²) in [7, 11) is 3.51. The van der Waals surface area contributed by atoms with Crippen molar-refractivity contribution in [2.45, 2.75) is 26.2 Å². The molecule has 1 N–H and O–H groups in total. The number of benzene rings is 2. The Labute approximate surface area is 227 Å². The van der Waals surface area contributed by atoms with Crippen molar-refractivity contribution in [3.05, 3.63) is 64.6 Å². The zero-order chi connectivity index (χ0) is 27.7. The number of piperazine rings is 1. The monoisotopic (exact) mass is 534 g/mol. The molecule has 2 amide bonds. The molecule has 2 aliphatic rings. The number of H-pyrrole nitrogens is 1. The van der Waals surface area contributed by atoms with Crippen LogP contribution in [0, 0.1) is 18.7 Å². The van der Waals surface area contributed by atoms with Crippen molar-refractivity contribution >= 4 is 28.5 Å². The van der Waals surface area contributed by atoms with Gasteiger partial charge in [0.1, 0.15) is 11.6 Å². The molecule has 0 radical (unpaired) electrons. The predicted octanol–water partition coefficient (Wildman–Crippen LogP) is 3.68. The third kappa shape index (κ3) is 5.54. The fourth-order valence-electron chi connectivity index (χ4n) is 5.71. The number of carbonyl (C=O) groups excluding carboxylic acids is 3. The van der Waals surface area contributed by atoms with Gasteiger partial charge in [-0.1, -0.05) is 12.1 Å². The van der Waals surface area contributed by atoms with Crippen LogP contribution < -0.4 is 4.74 Å². The van der Waals surface area contributed by atoms with E-state index in [2.05, 4.69) is 9.88 Å². The van der Waals surface area contributed by atoms with Gasteiger partial charge in [0.25, 0.3) is 17.6 Å².